The van der Waals surface area contributed by atoms with Gasteiger partial charge < -0.3 is 10.2 Å². The highest BCUT2D eigenvalue weighted by molar-refractivity contribution is 6.31. The summed E-state index contributed by atoms with van der Waals surface area (Å²) >= 11 is 6.01. The molecule has 1 aliphatic heterocycles. The summed E-state index contributed by atoms with van der Waals surface area (Å²) in [6.07, 6.45) is 0. The van der Waals surface area contributed by atoms with Gasteiger partial charge in [-0.15, -0.1) is 0 Å². The Kier molecular flexibility index (Phi) is 3.80. The molecule has 0 saturated heterocycles. The van der Waals surface area contributed by atoms with Gasteiger partial charge in [-0.3, -0.25) is 4.79 Å². The number of benzene rings is 2. The molecule has 1 heterocycles. The van der Waals surface area contributed by atoms with Crippen LogP contribution in [0.15, 0.2) is 48.5 Å². The van der Waals surface area contributed by atoms with Crippen LogP contribution in [0.25, 0.3) is 0 Å². The predicted molar refractivity (Wildman–Crippen MR) is 82.6 cm³/mol. The molecule has 1 amide bonds. The normalized spacial score (nSPS) is 17.3. The molecule has 108 valence electrons. The lowest BCUT2D eigenvalue weighted by Crippen LogP contribution is -2.43. The third-order valence-electron chi connectivity index (χ3n) is 3.50. The maximum absolute atomic E-state index is 12.8. The van der Waals surface area contributed by atoms with Gasteiger partial charge in [-0.05, 0) is 23.8 Å². The van der Waals surface area contributed by atoms with Crippen molar-refractivity contribution < 1.29 is 9.18 Å². The van der Waals surface area contributed by atoms with Crippen molar-refractivity contribution in [2.24, 2.45) is 0 Å². The van der Waals surface area contributed by atoms with Crippen LogP contribution in [-0.4, -0.2) is 19.1 Å². The number of anilines is 2. The van der Waals surface area contributed by atoms with E-state index < -0.39 is 12.7 Å². The lowest BCUT2D eigenvalue weighted by Gasteiger charge is -2.35. The molecule has 0 fully saturated rings. The van der Waals surface area contributed by atoms with Gasteiger partial charge in [0.25, 0.3) is 5.91 Å². The first kappa shape index (κ1) is 13.9. The van der Waals surface area contributed by atoms with Gasteiger partial charge in [0.2, 0.25) is 0 Å². The maximum atomic E-state index is 12.8. The van der Waals surface area contributed by atoms with Crippen molar-refractivity contribution in [1.29, 1.82) is 0 Å². The minimum Gasteiger partial charge on any atom is -0.368 e. The van der Waals surface area contributed by atoms with Crippen LogP contribution in [0.1, 0.15) is 11.6 Å². The van der Waals surface area contributed by atoms with E-state index in [1.165, 1.54) is 4.90 Å². The number of amides is 1. The SMILES string of the molecule is O=C1C(c2ccccc2)Nc2cc(Cl)ccc2N1CCF. The Morgan fingerprint density at radius 2 is 1.95 bits per heavy atom. The smallest absolute Gasteiger partial charge is 0.254 e. The van der Waals surface area contributed by atoms with Gasteiger partial charge in [0, 0.05) is 5.02 Å². The number of hydrogen-bond donors (Lipinski definition) is 1. The van der Waals surface area contributed by atoms with Crippen LogP contribution in [-0.2, 0) is 4.79 Å². The molecule has 0 bridgehead atoms. The summed E-state index contributed by atoms with van der Waals surface area (Å²) in [7, 11) is 0. The van der Waals surface area contributed by atoms with Crippen LogP contribution in [0.5, 0.6) is 0 Å². The molecule has 0 saturated carbocycles. The van der Waals surface area contributed by atoms with Crippen molar-refractivity contribution in [1.82, 2.24) is 0 Å². The maximum Gasteiger partial charge on any atom is 0.254 e. The van der Waals surface area contributed by atoms with Crippen LogP contribution in [0.3, 0.4) is 0 Å². The predicted octanol–water partition coefficient (Wildman–Crippen LogP) is 3.81. The Hall–Kier alpha value is -2.07. The summed E-state index contributed by atoms with van der Waals surface area (Å²) in [6.45, 7) is -0.548. The highest BCUT2D eigenvalue weighted by Gasteiger charge is 2.33. The summed E-state index contributed by atoms with van der Waals surface area (Å²) in [4.78, 5) is 14.1. The van der Waals surface area contributed by atoms with Gasteiger partial charge in [0.15, 0.2) is 0 Å². The molecule has 0 spiro atoms. The molecule has 1 atom stereocenters. The molecule has 2 aromatic rings. The Morgan fingerprint density at radius 3 is 2.67 bits per heavy atom. The molecular weight excluding hydrogens is 291 g/mol. The minimum absolute atomic E-state index is 0.0402. The monoisotopic (exact) mass is 304 g/mol. The second-order valence-electron chi connectivity index (χ2n) is 4.83. The number of carbonyl (C=O) groups is 1. The third kappa shape index (κ3) is 2.59. The van der Waals surface area contributed by atoms with Crippen LogP contribution in [0, 0.1) is 0 Å². The quantitative estimate of drug-likeness (QED) is 0.935. The van der Waals surface area contributed by atoms with E-state index in [2.05, 4.69) is 5.32 Å². The molecule has 1 N–H and O–H groups in total. The molecule has 5 heteroatoms. The van der Waals surface area contributed by atoms with Crippen LogP contribution < -0.4 is 10.2 Å². The second kappa shape index (κ2) is 5.74. The molecule has 2 aromatic carbocycles. The molecule has 3 rings (SSSR count). The summed E-state index contributed by atoms with van der Waals surface area (Å²) in [5.41, 5.74) is 2.25. The number of rotatable bonds is 3. The van der Waals surface area contributed by atoms with E-state index >= 15 is 0 Å². The number of alkyl halides is 1. The zero-order valence-corrected chi connectivity index (χ0v) is 12.0. The van der Waals surface area contributed by atoms with E-state index in [1.807, 2.05) is 30.3 Å². The third-order valence-corrected chi connectivity index (χ3v) is 3.74. The van der Waals surface area contributed by atoms with Gasteiger partial charge >= 0.3 is 0 Å². The highest BCUT2D eigenvalue weighted by Crippen LogP contribution is 2.37. The van der Waals surface area contributed by atoms with Crippen molar-refractivity contribution in [2.75, 3.05) is 23.4 Å². The number of nitrogens with one attached hydrogen (secondary N) is 1. The van der Waals surface area contributed by atoms with Gasteiger partial charge in [-0.2, -0.15) is 0 Å². The van der Waals surface area contributed by atoms with Crippen LogP contribution in [0.4, 0.5) is 15.8 Å². The average molecular weight is 305 g/mol. The first-order chi connectivity index (χ1) is 10.2. The van der Waals surface area contributed by atoms with Crippen molar-refractivity contribution in [3.05, 3.63) is 59.1 Å². The first-order valence-electron chi connectivity index (χ1n) is 6.69. The van der Waals surface area contributed by atoms with E-state index in [4.69, 9.17) is 11.6 Å². The summed E-state index contributed by atoms with van der Waals surface area (Å²) < 4.78 is 12.8. The summed E-state index contributed by atoms with van der Waals surface area (Å²) in [6, 6.07) is 14.0. The molecule has 1 unspecified atom stereocenters. The van der Waals surface area contributed by atoms with Crippen molar-refractivity contribution in [2.45, 2.75) is 6.04 Å². The number of hydrogen-bond acceptors (Lipinski definition) is 2. The van der Waals surface area contributed by atoms with Gasteiger partial charge in [0.05, 0.1) is 17.9 Å². The Bertz CT molecular complexity index is 663. The Morgan fingerprint density at radius 1 is 1.19 bits per heavy atom. The zero-order valence-electron chi connectivity index (χ0n) is 11.2. The van der Waals surface area contributed by atoms with Crippen LogP contribution >= 0.6 is 11.6 Å². The Balaban J connectivity index is 2.05. The molecule has 21 heavy (non-hydrogen) atoms. The standard InChI is InChI=1S/C16H14ClFN2O/c17-12-6-7-14-13(10-12)19-15(11-4-2-1-3-5-11)16(21)20(14)9-8-18/h1-7,10,15,19H,8-9H2. The highest BCUT2D eigenvalue weighted by atomic mass is 35.5. The second-order valence-corrected chi connectivity index (χ2v) is 5.26. The molecule has 0 aliphatic carbocycles. The first-order valence-corrected chi connectivity index (χ1v) is 7.07. The summed E-state index contributed by atoms with van der Waals surface area (Å²) in [5.74, 6) is -0.159. The number of nitrogens with zero attached hydrogens (tertiary/aromatic N) is 1. The van der Waals surface area contributed by atoms with E-state index in [0.29, 0.717) is 10.7 Å². The van der Waals surface area contributed by atoms with E-state index in [-0.39, 0.29) is 12.5 Å². The summed E-state index contributed by atoms with van der Waals surface area (Å²) in [5, 5.41) is 3.77. The van der Waals surface area contributed by atoms with Crippen molar-refractivity contribution in [3.8, 4) is 0 Å². The number of fused-ring (bicyclic) bond motifs is 1. The topological polar surface area (TPSA) is 32.3 Å². The fourth-order valence-corrected chi connectivity index (χ4v) is 2.71. The number of carbonyl (C=O) groups excluding carboxylic acids is 1. The fraction of sp³-hybridized carbons (Fsp3) is 0.188. The van der Waals surface area contributed by atoms with E-state index in [9.17, 15) is 9.18 Å². The lowest BCUT2D eigenvalue weighted by atomic mass is 10.0. The van der Waals surface area contributed by atoms with Crippen LogP contribution in [0.2, 0.25) is 5.02 Å². The van der Waals surface area contributed by atoms with Gasteiger partial charge in [-0.25, -0.2) is 4.39 Å². The van der Waals surface area contributed by atoms with E-state index in [1.54, 1.807) is 18.2 Å². The van der Waals surface area contributed by atoms with Gasteiger partial charge in [-0.1, -0.05) is 41.9 Å². The molecular formula is C16H14ClFN2O. The van der Waals surface area contributed by atoms with Crippen molar-refractivity contribution >= 4 is 28.9 Å². The molecule has 0 aromatic heterocycles. The van der Waals surface area contributed by atoms with Crippen molar-refractivity contribution in [3.63, 3.8) is 0 Å². The number of halogens is 2. The lowest BCUT2D eigenvalue weighted by molar-refractivity contribution is -0.119. The Labute approximate surface area is 127 Å². The largest absolute Gasteiger partial charge is 0.368 e. The zero-order chi connectivity index (χ0) is 14.8. The molecule has 1 aliphatic rings. The van der Waals surface area contributed by atoms with E-state index in [0.717, 1.165) is 11.3 Å². The minimum atomic E-state index is -0.588. The van der Waals surface area contributed by atoms with Gasteiger partial charge in [0.1, 0.15) is 12.7 Å². The molecule has 3 nitrogen and oxygen atoms in total. The average Bonchev–Trinajstić information content (AvgIpc) is 2.51. The fourth-order valence-electron chi connectivity index (χ4n) is 2.54. The molecule has 0 radical (unpaired) electrons.